The van der Waals surface area contributed by atoms with Crippen LogP contribution in [0, 0.1) is 0 Å². The van der Waals surface area contributed by atoms with Gasteiger partial charge >= 0.3 is 5.97 Å². The molecule has 3 nitrogen and oxygen atoms in total. The van der Waals surface area contributed by atoms with Crippen molar-refractivity contribution in [3.8, 4) is 0 Å². The van der Waals surface area contributed by atoms with Crippen LogP contribution in [-0.4, -0.2) is 35.0 Å². The van der Waals surface area contributed by atoms with E-state index < -0.39 is 11.9 Å². The van der Waals surface area contributed by atoms with Crippen molar-refractivity contribution in [2.24, 2.45) is 0 Å². The number of nitrogens with zero attached hydrogens (tertiary/aromatic N) is 1. The standard InChI is InChI=1S/C13H15F2NO2/c14-13(15)6-1-7-16(9-13)8-10-2-4-11(5-3-10)12(17)18/h2-5H,1,6-9H2,(H,17,18). The first kappa shape index (κ1) is 13.0. The summed E-state index contributed by atoms with van der Waals surface area (Å²) < 4.78 is 26.4. The lowest BCUT2D eigenvalue weighted by molar-refractivity contribution is -0.0661. The van der Waals surface area contributed by atoms with Crippen LogP contribution < -0.4 is 0 Å². The Bertz CT molecular complexity index is 431. The molecule has 0 bridgehead atoms. The normalized spacial score (nSPS) is 19.7. The van der Waals surface area contributed by atoms with E-state index in [0.717, 1.165) is 5.56 Å². The Morgan fingerprint density at radius 2 is 2.00 bits per heavy atom. The van der Waals surface area contributed by atoms with Gasteiger partial charge in [-0.25, -0.2) is 13.6 Å². The quantitative estimate of drug-likeness (QED) is 0.902. The van der Waals surface area contributed by atoms with Gasteiger partial charge in [0.05, 0.1) is 12.1 Å². The Morgan fingerprint density at radius 1 is 1.33 bits per heavy atom. The van der Waals surface area contributed by atoms with Gasteiger partial charge in [0.15, 0.2) is 0 Å². The van der Waals surface area contributed by atoms with Crippen LogP contribution >= 0.6 is 0 Å². The fourth-order valence-corrected chi connectivity index (χ4v) is 2.19. The Balaban J connectivity index is 1.99. The third-order valence-corrected chi connectivity index (χ3v) is 3.08. The molecule has 0 aliphatic carbocycles. The largest absolute Gasteiger partial charge is 0.478 e. The summed E-state index contributed by atoms with van der Waals surface area (Å²) in [5, 5.41) is 8.76. The van der Waals surface area contributed by atoms with Crippen molar-refractivity contribution in [3.63, 3.8) is 0 Å². The zero-order chi connectivity index (χ0) is 13.2. The number of likely N-dealkylation sites (tertiary alicyclic amines) is 1. The van der Waals surface area contributed by atoms with Gasteiger partial charge in [-0.2, -0.15) is 0 Å². The number of carboxylic acids is 1. The second kappa shape index (κ2) is 5.02. The number of aromatic carboxylic acids is 1. The molecular weight excluding hydrogens is 240 g/mol. The molecule has 1 N–H and O–H groups in total. The van der Waals surface area contributed by atoms with Gasteiger partial charge in [0.2, 0.25) is 0 Å². The van der Waals surface area contributed by atoms with E-state index >= 15 is 0 Å². The number of carboxylic acid groups (broad SMARTS) is 1. The molecule has 1 aliphatic rings. The molecule has 0 unspecified atom stereocenters. The Kier molecular flexibility index (Phi) is 3.61. The molecule has 1 saturated heterocycles. The molecule has 2 rings (SSSR count). The van der Waals surface area contributed by atoms with Gasteiger partial charge in [-0.05, 0) is 30.7 Å². The van der Waals surface area contributed by atoms with Crippen molar-refractivity contribution in [1.82, 2.24) is 4.90 Å². The summed E-state index contributed by atoms with van der Waals surface area (Å²) in [4.78, 5) is 12.4. The summed E-state index contributed by atoms with van der Waals surface area (Å²) in [5.41, 5.74) is 1.07. The number of benzene rings is 1. The highest BCUT2D eigenvalue weighted by molar-refractivity contribution is 5.87. The minimum absolute atomic E-state index is 0.0402. The van der Waals surface area contributed by atoms with Crippen molar-refractivity contribution in [2.45, 2.75) is 25.3 Å². The van der Waals surface area contributed by atoms with Crippen molar-refractivity contribution in [2.75, 3.05) is 13.1 Å². The molecule has 1 aromatic rings. The van der Waals surface area contributed by atoms with Gasteiger partial charge < -0.3 is 5.11 Å². The average Bonchev–Trinajstić information content (AvgIpc) is 2.28. The van der Waals surface area contributed by atoms with Crippen LogP contribution in [0.25, 0.3) is 0 Å². The molecule has 1 aliphatic heterocycles. The lowest BCUT2D eigenvalue weighted by Crippen LogP contribution is -2.41. The number of rotatable bonds is 3. The van der Waals surface area contributed by atoms with E-state index in [1.165, 1.54) is 12.1 Å². The molecule has 0 amide bonds. The van der Waals surface area contributed by atoms with E-state index in [4.69, 9.17) is 5.11 Å². The van der Waals surface area contributed by atoms with Gasteiger partial charge in [0.25, 0.3) is 5.92 Å². The number of hydrogen-bond donors (Lipinski definition) is 1. The molecule has 5 heteroatoms. The van der Waals surface area contributed by atoms with Crippen LogP contribution in [0.3, 0.4) is 0 Å². The number of hydrogen-bond acceptors (Lipinski definition) is 2. The zero-order valence-electron chi connectivity index (χ0n) is 9.90. The minimum atomic E-state index is -2.60. The van der Waals surface area contributed by atoms with Gasteiger partial charge in [-0.3, -0.25) is 4.90 Å². The average molecular weight is 255 g/mol. The van der Waals surface area contributed by atoms with Crippen molar-refractivity contribution < 1.29 is 18.7 Å². The Hall–Kier alpha value is -1.49. The summed E-state index contributed by atoms with van der Waals surface area (Å²) in [7, 11) is 0. The van der Waals surface area contributed by atoms with Crippen molar-refractivity contribution >= 4 is 5.97 Å². The summed E-state index contributed by atoms with van der Waals surface area (Å²) in [6.45, 7) is 0.888. The molecule has 0 radical (unpaired) electrons. The second-order valence-corrected chi connectivity index (χ2v) is 4.67. The summed E-state index contributed by atoms with van der Waals surface area (Å²) in [6.07, 6.45) is 0.460. The lowest BCUT2D eigenvalue weighted by Gasteiger charge is -2.32. The maximum atomic E-state index is 13.2. The van der Waals surface area contributed by atoms with E-state index in [1.807, 2.05) is 0 Å². The summed E-state index contributed by atoms with van der Waals surface area (Å²) in [6, 6.07) is 6.35. The first-order valence-corrected chi connectivity index (χ1v) is 5.89. The number of alkyl halides is 2. The lowest BCUT2D eigenvalue weighted by atomic mass is 10.1. The van der Waals surface area contributed by atoms with E-state index in [2.05, 4.69) is 0 Å². The van der Waals surface area contributed by atoms with Crippen LogP contribution in [-0.2, 0) is 6.54 Å². The van der Waals surface area contributed by atoms with Crippen LogP contribution in [0.15, 0.2) is 24.3 Å². The number of piperidine rings is 1. The highest BCUT2D eigenvalue weighted by Gasteiger charge is 2.34. The van der Waals surface area contributed by atoms with Crippen molar-refractivity contribution in [3.05, 3.63) is 35.4 Å². The smallest absolute Gasteiger partial charge is 0.335 e. The van der Waals surface area contributed by atoms with Gasteiger partial charge in [-0.15, -0.1) is 0 Å². The zero-order valence-corrected chi connectivity index (χ0v) is 9.90. The fourth-order valence-electron chi connectivity index (χ4n) is 2.19. The summed E-state index contributed by atoms with van der Waals surface area (Å²) in [5.74, 6) is -3.58. The third kappa shape index (κ3) is 3.26. The highest BCUT2D eigenvalue weighted by atomic mass is 19.3. The van der Waals surface area contributed by atoms with Gasteiger partial charge in [0.1, 0.15) is 0 Å². The molecule has 1 heterocycles. The molecule has 0 saturated carbocycles. The second-order valence-electron chi connectivity index (χ2n) is 4.67. The SMILES string of the molecule is O=C(O)c1ccc(CN2CCCC(F)(F)C2)cc1. The van der Waals surface area contributed by atoms with Crippen LogP contribution in [0.5, 0.6) is 0 Å². The van der Waals surface area contributed by atoms with Crippen molar-refractivity contribution in [1.29, 1.82) is 0 Å². The molecule has 1 aromatic carbocycles. The first-order chi connectivity index (χ1) is 8.46. The van der Waals surface area contributed by atoms with Crippen LogP contribution in [0.2, 0.25) is 0 Å². The molecule has 98 valence electrons. The van der Waals surface area contributed by atoms with Crippen LogP contribution in [0.1, 0.15) is 28.8 Å². The predicted molar refractivity (Wildman–Crippen MR) is 62.9 cm³/mol. The van der Waals surface area contributed by atoms with E-state index in [-0.39, 0.29) is 18.5 Å². The van der Waals surface area contributed by atoms with Crippen LogP contribution in [0.4, 0.5) is 8.78 Å². The minimum Gasteiger partial charge on any atom is -0.478 e. The molecule has 0 spiro atoms. The Labute approximate surface area is 104 Å². The predicted octanol–water partition coefficient (Wildman–Crippen LogP) is 2.62. The van der Waals surface area contributed by atoms with E-state index in [9.17, 15) is 13.6 Å². The third-order valence-electron chi connectivity index (χ3n) is 3.08. The first-order valence-electron chi connectivity index (χ1n) is 5.89. The summed E-state index contributed by atoms with van der Waals surface area (Å²) >= 11 is 0. The monoisotopic (exact) mass is 255 g/mol. The Morgan fingerprint density at radius 3 is 2.56 bits per heavy atom. The molecule has 0 aromatic heterocycles. The number of carbonyl (C=O) groups is 1. The molecular formula is C13H15F2NO2. The van der Waals surface area contributed by atoms with E-state index in [0.29, 0.717) is 19.5 Å². The highest BCUT2D eigenvalue weighted by Crippen LogP contribution is 2.27. The molecule has 1 fully saturated rings. The molecule has 0 atom stereocenters. The fraction of sp³-hybridized carbons (Fsp3) is 0.462. The maximum absolute atomic E-state index is 13.2. The van der Waals surface area contributed by atoms with Gasteiger partial charge in [0, 0.05) is 13.0 Å². The topological polar surface area (TPSA) is 40.5 Å². The molecule has 18 heavy (non-hydrogen) atoms. The van der Waals surface area contributed by atoms with Gasteiger partial charge in [-0.1, -0.05) is 12.1 Å². The van der Waals surface area contributed by atoms with E-state index in [1.54, 1.807) is 17.0 Å². The maximum Gasteiger partial charge on any atom is 0.335 e. The number of halogens is 2.